The molecule has 0 radical (unpaired) electrons. The summed E-state index contributed by atoms with van der Waals surface area (Å²) in [7, 11) is 1.78. The highest BCUT2D eigenvalue weighted by Crippen LogP contribution is 2.36. The van der Waals surface area contributed by atoms with E-state index >= 15 is 0 Å². The fourth-order valence-corrected chi connectivity index (χ4v) is 2.60. The van der Waals surface area contributed by atoms with Gasteiger partial charge in [-0.05, 0) is 41.8 Å². The van der Waals surface area contributed by atoms with Crippen molar-refractivity contribution in [2.75, 3.05) is 11.9 Å². The summed E-state index contributed by atoms with van der Waals surface area (Å²) in [6.45, 7) is 0. The molecular formula is C17H14N2O. The zero-order valence-corrected chi connectivity index (χ0v) is 11.2. The lowest BCUT2D eigenvalue weighted by Gasteiger charge is -2.32. The molecule has 0 spiro atoms. The Balaban J connectivity index is 1.80. The number of hydrogen-bond acceptors (Lipinski definition) is 2. The Kier molecular flexibility index (Phi) is 3.00. The third-order valence-corrected chi connectivity index (χ3v) is 3.87. The van der Waals surface area contributed by atoms with Gasteiger partial charge in [0.05, 0.1) is 17.6 Å². The Morgan fingerprint density at radius 2 is 1.90 bits per heavy atom. The molecule has 0 heterocycles. The molecule has 0 fully saturated rings. The third-order valence-electron chi connectivity index (χ3n) is 3.87. The van der Waals surface area contributed by atoms with Crippen molar-refractivity contribution in [2.24, 2.45) is 0 Å². The predicted molar refractivity (Wildman–Crippen MR) is 77.5 cm³/mol. The van der Waals surface area contributed by atoms with Crippen molar-refractivity contribution in [3.63, 3.8) is 0 Å². The molecule has 0 saturated carbocycles. The van der Waals surface area contributed by atoms with Gasteiger partial charge in [0.15, 0.2) is 0 Å². The predicted octanol–water partition coefficient (Wildman–Crippen LogP) is 2.86. The number of carbonyl (C=O) groups is 1. The standard InChI is InChI=1S/C17H14N2O/c1-19(14-8-6-12(11-18)7-9-14)17(20)16-10-13-4-2-3-5-15(13)16/h2-9,16H,10H2,1H3. The van der Waals surface area contributed by atoms with Crippen molar-refractivity contribution in [2.45, 2.75) is 12.3 Å². The van der Waals surface area contributed by atoms with Gasteiger partial charge in [0.25, 0.3) is 0 Å². The highest BCUT2D eigenvalue weighted by molar-refractivity contribution is 5.99. The molecule has 1 atom stereocenters. The Morgan fingerprint density at radius 3 is 2.55 bits per heavy atom. The summed E-state index contributed by atoms with van der Waals surface area (Å²) in [5, 5.41) is 8.79. The lowest BCUT2D eigenvalue weighted by atomic mass is 9.77. The summed E-state index contributed by atoms with van der Waals surface area (Å²) in [4.78, 5) is 14.2. The van der Waals surface area contributed by atoms with E-state index in [9.17, 15) is 4.79 Å². The van der Waals surface area contributed by atoms with E-state index < -0.39 is 0 Å². The molecule has 2 aromatic rings. The van der Waals surface area contributed by atoms with Crippen molar-refractivity contribution in [3.8, 4) is 6.07 Å². The Labute approximate surface area is 118 Å². The quantitative estimate of drug-likeness (QED) is 0.835. The summed E-state index contributed by atoms with van der Waals surface area (Å²) in [6.07, 6.45) is 0.815. The highest BCUT2D eigenvalue weighted by atomic mass is 16.2. The first-order valence-electron chi connectivity index (χ1n) is 6.56. The van der Waals surface area contributed by atoms with Gasteiger partial charge in [0.2, 0.25) is 5.91 Å². The van der Waals surface area contributed by atoms with Crippen LogP contribution in [0.15, 0.2) is 48.5 Å². The zero-order chi connectivity index (χ0) is 14.1. The van der Waals surface area contributed by atoms with Crippen LogP contribution in [0.5, 0.6) is 0 Å². The van der Waals surface area contributed by atoms with E-state index in [0.29, 0.717) is 5.56 Å². The fourth-order valence-electron chi connectivity index (χ4n) is 2.60. The normalized spacial score (nSPS) is 15.7. The van der Waals surface area contributed by atoms with Gasteiger partial charge in [-0.2, -0.15) is 5.26 Å². The fraction of sp³-hybridized carbons (Fsp3) is 0.176. The zero-order valence-electron chi connectivity index (χ0n) is 11.2. The van der Waals surface area contributed by atoms with Crippen molar-refractivity contribution < 1.29 is 4.79 Å². The second kappa shape index (κ2) is 4.82. The molecule has 20 heavy (non-hydrogen) atoms. The molecule has 3 nitrogen and oxygen atoms in total. The molecule has 1 aliphatic rings. The van der Waals surface area contributed by atoms with Crippen LogP contribution in [0.3, 0.4) is 0 Å². The molecule has 0 saturated heterocycles. The second-order valence-electron chi connectivity index (χ2n) is 5.01. The Hall–Kier alpha value is -2.60. The van der Waals surface area contributed by atoms with Crippen LogP contribution in [0, 0.1) is 11.3 Å². The van der Waals surface area contributed by atoms with E-state index in [1.54, 1.807) is 36.2 Å². The van der Waals surface area contributed by atoms with Crippen molar-refractivity contribution >= 4 is 11.6 Å². The van der Waals surface area contributed by atoms with Gasteiger partial charge in [-0.25, -0.2) is 0 Å². The molecule has 0 aliphatic heterocycles. The Bertz CT molecular complexity index is 698. The van der Waals surface area contributed by atoms with E-state index in [1.807, 2.05) is 18.2 Å². The third kappa shape index (κ3) is 1.96. The smallest absolute Gasteiger partial charge is 0.234 e. The minimum absolute atomic E-state index is 0.0353. The van der Waals surface area contributed by atoms with E-state index in [1.165, 1.54) is 5.56 Å². The largest absolute Gasteiger partial charge is 0.315 e. The minimum Gasteiger partial charge on any atom is -0.315 e. The van der Waals surface area contributed by atoms with Crippen LogP contribution < -0.4 is 4.90 Å². The molecule has 1 unspecified atom stereocenters. The minimum atomic E-state index is -0.0353. The van der Waals surface area contributed by atoms with Crippen LogP contribution in [-0.2, 0) is 11.2 Å². The molecule has 98 valence electrons. The Morgan fingerprint density at radius 1 is 1.20 bits per heavy atom. The van der Waals surface area contributed by atoms with Crippen molar-refractivity contribution in [3.05, 3.63) is 65.2 Å². The van der Waals surface area contributed by atoms with Crippen LogP contribution in [0.25, 0.3) is 0 Å². The number of likely N-dealkylation sites (N-methyl/N-ethyl adjacent to an activating group) is 1. The van der Waals surface area contributed by atoms with E-state index in [0.717, 1.165) is 17.7 Å². The maximum Gasteiger partial charge on any atom is 0.234 e. The lowest BCUT2D eigenvalue weighted by Crippen LogP contribution is -2.36. The second-order valence-corrected chi connectivity index (χ2v) is 5.01. The molecule has 3 heteroatoms. The number of nitrogens with zero attached hydrogens (tertiary/aromatic N) is 2. The monoisotopic (exact) mass is 262 g/mol. The summed E-state index contributed by atoms with van der Waals surface area (Å²) in [5.74, 6) is 0.0697. The molecular weight excluding hydrogens is 248 g/mol. The average molecular weight is 262 g/mol. The molecule has 1 aliphatic carbocycles. The van der Waals surface area contributed by atoms with Crippen molar-refractivity contribution in [1.29, 1.82) is 5.26 Å². The van der Waals surface area contributed by atoms with Gasteiger partial charge in [0.1, 0.15) is 0 Å². The van der Waals surface area contributed by atoms with E-state index in [-0.39, 0.29) is 11.8 Å². The molecule has 0 aromatic heterocycles. The average Bonchev–Trinajstić information content (AvgIpc) is 2.47. The number of carbonyl (C=O) groups excluding carboxylic acids is 1. The number of amides is 1. The number of rotatable bonds is 2. The SMILES string of the molecule is CN(C(=O)C1Cc2ccccc21)c1ccc(C#N)cc1. The van der Waals surface area contributed by atoms with Gasteiger partial charge in [0, 0.05) is 12.7 Å². The summed E-state index contributed by atoms with van der Waals surface area (Å²) >= 11 is 0. The number of fused-ring (bicyclic) bond motifs is 1. The molecule has 1 amide bonds. The first kappa shape index (κ1) is 12.4. The van der Waals surface area contributed by atoms with Gasteiger partial charge in [-0.15, -0.1) is 0 Å². The first-order chi connectivity index (χ1) is 9.70. The first-order valence-corrected chi connectivity index (χ1v) is 6.56. The lowest BCUT2D eigenvalue weighted by molar-refractivity contribution is -0.120. The molecule has 3 rings (SSSR count). The summed E-state index contributed by atoms with van der Waals surface area (Å²) < 4.78 is 0. The number of nitriles is 1. The van der Waals surface area contributed by atoms with Crippen LogP contribution in [0.1, 0.15) is 22.6 Å². The van der Waals surface area contributed by atoms with Crippen LogP contribution in [0.4, 0.5) is 5.69 Å². The highest BCUT2D eigenvalue weighted by Gasteiger charge is 2.33. The van der Waals surface area contributed by atoms with Gasteiger partial charge >= 0.3 is 0 Å². The van der Waals surface area contributed by atoms with Crippen LogP contribution in [0.2, 0.25) is 0 Å². The van der Waals surface area contributed by atoms with Crippen LogP contribution >= 0.6 is 0 Å². The maximum absolute atomic E-state index is 12.5. The summed E-state index contributed by atoms with van der Waals surface area (Å²) in [5.41, 5.74) is 3.82. The van der Waals surface area contributed by atoms with Gasteiger partial charge in [-0.3, -0.25) is 4.79 Å². The summed E-state index contributed by atoms with van der Waals surface area (Å²) in [6, 6.07) is 17.2. The van der Waals surface area contributed by atoms with Crippen LogP contribution in [-0.4, -0.2) is 13.0 Å². The molecule has 0 N–H and O–H groups in total. The number of anilines is 1. The van der Waals surface area contributed by atoms with E-state index in [4.69, 9.17) is 5.26 Å². The number of hydrogen-bond donors (Lipinski definition) is 0. The maximum atomic E-state index is 12.5. The van der Waals surface area contributed by atoms with Gasteiger partial charge in [-0.1, -0.05) is 24.3 Å². The molecule has 0 bridgehead atoms. The molecule has 2 aromatic carbocycles. The topological polar surface area (TPSA) is 44.1 Å². The van der Waals surface area contributed by atoms with Crippen molar-refractivity contribution in [1.82, 2.24) is 0 Å². The van der Waals surface area contributed by atoms with Gasteiger partial charge < -0.3 is 4.90 Å². The number of benzene rings is 2. The van der Waals surface area contributed by atoms with E-state index in [2.05, 4.69) is 12.1 Å².